The van der Waals surface area contributed by atoms with Crippen LogP contribution in [0.4, 0.5) is 11.8 Å². The van der Waals surface area contributed by atoms with E-state index < -0.39 is 0 Å². The third-order valence-corrected chi connectivity index (χ3v) is 3.36. The van der Waals surface area contributed by atoms with Gasteiger partial charge >= 0.3 is 0 Å². The molecule has 0 aliphatic heterocycles. The van der Waals surface area contributed by atoms with E-state index in [0.717, 1.165) is 42.5 Å². The number of aryl methyl sites for hydroxylation is 1. The lowest BCUT2D eigenvalue weighted by molar-refractivity contribution is 0.938. The Hall–Kier alpha value is -1.69. The highest BCUT2D eigenvalue weighted by Crippen LogP contribution is 2.10. The van der Waals surface area contributed by atoms with Crippen LogP contribution in [0.5, 0.6) is 0 Å². The van der Waals surface area contributed by atoms with Crippen molar-refractivity contribution in [2.75, 3.05) is 23.7 Å². The molecule has 6 heteroatoms. The zero-order valence-electron chi connectivity index (χ0n) is 11.3. The highest BCUT2D eigenvalue weighted by molar-refractivity contribution is 7.09. The van der Waals surface area contributed by atoms with Crippen LogP contribution in [0.3, 0.4) is 0 Å². The average Bonchev–Trinajstić information content (AvgIpc) is 2.89. The Morgan fingerprint density at radius 3 is 2.84 bits per heavy atom. The molecule has 19 heavy (non-hydrogen) atoms. The van der Waals surface area contributed by atoms with Crippen molar-refractivity contribution in [2.24, 2.45) is 0 Å². The van der Waals surface area contributed by atoms with Gasteiger partial charge in [0, 0.05) is 42.8 Å². The molecule has 0 aromatic carbocycles. The molecule has 0 saturated heterocycles. The SMILES string of the molecule is CCCNc1nc(C)cc(NCCc2nccs2)n1. The Kier molecular flexibility index (Phi) is 5.09. The van der Waals surface area contributed by atoms with E-state index >= 15 is 0 Å². The minimum absolute atomic E-state index is 0.693. The molecule has 0 aliphatic rings. The fourth-order valence-corrected chi connectivity index (χ4v) is 2.27. The first-order valence-electron chi connectivity index (χ1n) is 6.49. The first-order valence-corrected chi connectivity index (χ1v) is 7.37. The van der Waals surface area contributed by atoms with E-state index in [9.17, 15) is 0 Å². The fourth-order valence-electron chi connectivity index (χ4n) is 1.65. The summed E-state index contributed by atoms with van der Waals surface area (Å²) in [5.74, 6) is 1.56. The van der Waals surface area contributed by atoms with Gasteiger partial charge in [0.2, 0.25) is 5.95 Å². The summed E-state index contributed by atoms with van der Waals surface area (Å²) < 4.78 is 0. The number of anilines is 2. The molecule has 0 spiro atoms. The van der Waals surface area contributed by atoms with Crippen molar-refractivity contribution >= 4 is 23.1 Å². The van der Waals surface area contributed by atoms with E-state index in [1.807, 2.05) is 24.6 Å². The molecule has 0 amide bonds. The molecule has 0 bridgehead atoms. The van der Waals surface area contributed by atoms with E-state index in [0.29, 0.717) is 5.95 Å². The Labute approximate surface area is 117 Å². The second kappa shape index (κ2) is 7.04. The molecular formula is C13H19N5S. The van der Waals surface area contributed by atoms with Gasteiger partial charge in [-0.05, 0) is 13.3 Å². The van der Waals surface area contributed by atoms with Gasteiger partial charge in [-0.15, -0.1) is 11.3 Å². The van der Waals surface area contributed by atoms with E-state index in [-0.39, 0.29) is 0 Å². The van der Waals surface area contributed by atoms with Crippen LogP contribution in [-0.4, -0.2) is 28.0 Å². The normalized spacial score (nSPS) is 10.4. The highest BCUT2D eigenvalue weighted by Gasteiger charge is 2.02. The van der Waals surface area contributed by atoms with Gasteiger partial charge < -0.3 is 10.6 Å². The lowest BCUT2D eigenvalue weighted by atomic mass is 10.4. The van der Waals surface area contributed by atoms with Gasteiger partial charge in [-0.3, -0.25) is 0 Å². The summed E-state index contributed by atoms with van der Waals surface area (Å²) in [5.41, 5.74) is 0.963. The number of hydrogen-bond acceptors (Lipinski definition) is 6. The molecule has 2 aromatic heterocycles. The summed E-state index contributed by atoms with van der Waals surface area (Å²) in [4.78, 5) is 13.1. The zero-order valence-corrected chi connectivity index (χ0v) is 12.1. The maximum absolute atomic E-state index is 4.44. The molecule has 102 valence electrons. The van der Waals surface area contributed by atoms with Gasteiger partial charge in [0.15, 0.2) is 0 Å². The van der Waals surface area contributed by atoms with Gasteiger partial charge in [-0.25, -0.2) is 9.97 Å². The van der Waals surface area contributed by atoms with Gasteiger partial charge in [0.25, 0.3) is 0 Å². The van der Waals surface area contributed by atoms with Crippen LogP contribution in [0.25, 0.3) is 0 Å². The molecule has 5 nitrogen and oxygen atoms in total. The second-order valence-corrected chi connectivity index (χ2v) is 5.23. The maximum atomic E-state index is 4.44. The molecular weight excluding hydrogens is 258 g/mol. The molecule has 0 atom stereocenters. The number of aromatic nitrogens is 3. The molecule has 0 aliphatic carbocycles. The third-order valence-electron chi connectivity index (χ3n) is 2.52. The van der Waals surface area contributed by atoms with Crippen molar-refractivity contribution in [1.82, 2.24) is 15.0 Å². The average molecular weight is 277 g/mol. The Bertz CT molecular complexity index is 498. The van der Waals surface area contributed by atoms with Crippen LogP contribution in [0.2, 0.25) is 0 Å². The maximum Gasteiger partial charge on any atom is 0.224 e. The van der Waals surface area contributed by atoms with Crippen molar-refractivity contribution < 1.29 is 0 Å². The van der Waals surface area contributed by atoms with Crippen LogP contribution >= 0.6 is 11.3 Å². The Balaban J connectivity index is 1.90. The molecule has 0 saturated carbocycles. The van der Waals surface area contributed by atoms with E-state index in [1.54, 1.807) is 11.3 Å². The predicted octanol–water partition coefficient (Wildman–Crippen LogP) is 2.72. The van der Waals surface area contributed by atoms with Crippen molar-refractivity contribution in [2.45, 2.75) is 26.7 Å². The van der Waals surface area contributed by atoms with Gasteiger partial charge in [-0.1, -0.05) is 6.92 Å². The Morgan fingerprint density at radius 2 is 2.11 bits per heavy atom. The fraction of sp³-hybridized carbons (Fsp3) is 0.462. The molecule has 0 radical (unpaired) electrons. The second-order valence-electron chi connectivity index (χ2n) is 4.25. The lowest BCUT2D eigenvalue weighted by Crippen LogP contribution is -2.10. The predicted molar refractivity (Wildman–Crippen MR) is 79.9 cm³/mol. The van der Waals surface area contributed by atoms with Gasteiger partial charge in [-0.2, -0.15) is 4.98 Å². The molecule has 2 rings (SSSR count). The summed E-state index contributed by atoms with van der Waals surface area (Å²) >= 11 is 1.68. The first kappa shape index (κ1) is 13.7. The van der Waals surface area contributed by atoms with Crippen molar-refractivity contribution in [3.8, 4) is 0 Å². The topological polar surface area (TPSA) is 62.7 Å². The van der Waals surface area contributed by atoms with Crippen molar-refractivity contribution in [3.05, 3.63) is 28.3 Å². The highest BCUT2D eigenvalue weighted by atomic mass is 32.1. The minimum Gasteiger partial charge on any atom is -0.369 e. The lowest BCUT2D eigenvalue weighted by Gasteiger charge is -2.08. The molecule has 0 unspecified atom stereocenters. The minimum atomic E-state index is 0.693. The van der Waals surface area contributed by atoms with Crippen molar-refractivity contribution in [1.29, 1.82) is 0 Å². The van der Waals surface area contributed by atoms with E-state index in [4.69, 9.17) is 0 Å². The summed E-state index contributed by atoms with van der Waals surface area (Å²) in [6, 6.07) is 1.96. The smallest absolute Gasteiger partial charge is 0.224 e. The van der Waals surface area contributed by atoms with Crippen LogP contribution in [0.1, 0.15) is 24.0 Å². The quantitative estimate of drug-likeness (QED) is 0.814. The van der Waals surface area contributed by atoms with E-state index in [1.165, 1.54) is 0 Å². The van der Waals surface area contributed by atoms with Gasteiger partial charge in [0.1, 0.15) is 5.82 Å². The number of nitrogens with zero attached hydrogens (tertiary/aromatic N) is 3. The Morgan fingerprint density at radius 1 is 1.21 bits per heavy atom. The molecule has 2 heterocycles. The number of hydrogen-bond donors (Lipinski definition) is 2. The number of nitrogens with one attached hydrogen (secondary N) is 2. The largest absolute Gasteiger partial charge is 0.369 e. The summed E-state index contributed by atoms with van der Waals surface area (Å²) in [7, 11) is 0. The first-order chi connectivity index (χ1) is 9.28. The third kappa shape index (κ3) is 4.48. The molecule has 2 aromatic rings. The monoisotopic (exact) mass is 277 g/mol. The van der Waals surface area contributed by atoms with Crippen molar-refractivity contribution in [3.63, 3.8) is 0 Å². The molecule has 2 N–H and O–H groups in total. The zero-order chi connectivity index (χ0) is 13.5. The van der Waals surface area contributed by atoms with Crippen LogP contribution in [0.15, 0.2) is 17.6 Å². The molecule has 0 fully saturated rings. The standard InChI is InChI=1S/C13H19N5S/c1-3-5-16-13-17-10(2)9-11(18-13)14-6-4-12-15-7-8-19-12/h7-9H,3-6H2,1-2H3,(H2,14,16,17,18). The van der Waals surface area contributed by atoms with E-state index in [2.05, 4.69) is 32.5 Å². The summed E-state index contributed by atoms with van der Waals surface area (Å²) in [6.45, 7) is 5.82. The number of rotatable bonds is 7. The van der Waals surface area contributed by atoms with Crippen LogP contribution in [-0.2, 0) is 6.42 Å². The summed E-state index contributed by atoms with van der Waals surface area (Å²) in [6.07, 6.45) is 3.81. The van der Waals surface area contributed by atoms with Crippen LogP contribution in [0, 0.1) is 6.92 Å². The van der Waals surface area contributed by atoms with Gasteiger partial charge in [0.05, 0.1) is 5.01 Å². The summed E-state index contributed by atoms with van der Waals surface area (Å²) in [5, 5.41) is 9.66. The van der Waals surface area contributed by atoms with Crippen LogP contribution < -0.4 is 10.6 Å². The number of thiazole rings is 1.